The van der Waals surface area contributed by atoms with Gasteiger partial charge in [0, 0.05) is 13.1 Å². The third-order valence-corrected chi connectivity index (χ3v) is 5.96. The first-order valence-electron chi connectivity index (χ1n) is 10.2. The fraction of sp³-hybridized carbons (Fsp3) is 0.333. The third kappa shape index (κ3) is 5.59. The van der Waals surface area contributed by atoms with Gasteiger partial charge in [0.15, 0.2) is 0 Å². The van der Waals surface area contributed by atoms with Crippen molar-refractivity contribution in [2.45, 2.75) is 11.3 Å². The summed E-state index contributed by atoms with van der Waals surface area (Å²) in [5.74, 6) is 0.0840. The van der Waals surface area contributed by atoms with E-state index in [1.165, 1.54) is 10.7 Å². The van der Waals surface area contributed by atoms with Gasteiger partial charge in [-0.15, -0.1) is 5.10 Å². The zero-order valence-corrected chi connectivity index (χ0v) is 18.9. The van der Waals surface area contributed by atoms with E-state index < -0.39 is 17.6 Å². The van der Waals surface area contributed by atoms with E-state index in [1.807, 2.05) is 4.90 Å². The van der Waals surface area contributed by atoms with Crippen molar-refractivity contribution >= 4 is 29.0 Å². The van der Waals surface area contributed by atoms with Crippen molar-refractivity contribution in [2.24, 2.45) is 0 Å². The van der Waals surface area contributed by atoms with E-state index in [4.69, 9.17) is 9.47 Å². The highest BCUT2D eigenvalue weighted by Gasteiger charge is 2.32. The van der Waals surface area contributed by atoms with Gasteiger partial charge in [-0.25, -0.2) is 0 Å². The van der Waals surface area contributed by atoms with Crippen LogP contribution < -0.4 is 15.0 Å². The number of halogens is 3. The molecule has 1 amide bonds. The third-order valence-electron chi connectivity index (χ3n) is 5.04. The zero-order valence-electron chi connectivity index (χ0n) is 18.1. The predicted molar refractivity (Wildman–Crippen MR) is 120 cm³/mol. The van der Waals surface area contributed by atoms with E-state index in [2.05, 4.69) is 20.8 Å². The number of ether oxygens (including phenoxy) is 2. The van der Waals surface area contributed by atoms with Crippen LogP contribution >= 0.6 is 11.8 Å². The molecule has 0 saturated carbocycles. The number of amides is 1. The zero-order chi connectivity index (χ0) is 24.1. The molecule has 180 valence electrons. The lowest BCUT2D eigenvalue weighted by Gasteiger charge is -2.31. The summed E-state index contributed by atoms with van der Waals surface area (Å²) >= 11 is 1.06. The highest BCUT2D eigenvalue weighted by Crippen LogP contribution is 2.36. The minimum atomic E-state index is -4.53. The standard InChI is InChI=1S/C21H21F3N6O3S/c1-32-16-5-3-15(4-6-16)30-20(26-27-28-30)34-13-19(31)25-17-12-14(21(22,23)24)2-7-18(17)29-8-10-33-11-9-29/h2-7,12H,8-11,13H2,1H3,(H,25,31). The monoisotopic (exact) mass is 494 g/mol. The lowest BCUT2D eigenvalue weighted by atomic mass is 10.1. The van der Waals surface area contributed by atoms with Crippen LogP contribution in [0.5, 0.6) is 5.75 Å². The van der Waals surface area contributed by atoms with Crippen molar-refractivity contribution in [3.8, 4) is 11.4 Å². The number of hydrogen-bond donors (Lipinski definition) is 1. The van der Waals surface area contributed by atoms with E-state index >= 15 is 0 Å². The first kappa shape index (κ1) is 23.8. The van der Waals surface area contributed by atoms with Crippen LogP contribution in [0.1, 0.15) is 5.56 Å². The SMILES string of the molecule is COc1ccc(-n2nnnc2SCC(=O)Nc2cc(C(F)(F)F)ccc2N2CCOCC2)cc1. The van der Waals surface area contributed by atoms with Gasteiger partial charge in [-0.3, -0.25) is 4.79 Å². The summed E-state index contributed by atoms with van der Waals surface area (Å²) in [7, 11) is 1.56. The van der Waals surface area contributed by atoms with E-state index in [1.54, 1.807) is 31.4 Å². The smallest absolute Gasteiger partial charge is 0.416 e. The Kier molecular flexibility index (Phi) is 7.22. The Morgan fingerprint density at radius 3 is 2.59 bits per heavy atom. The molecule has 0 bridgehead atoms. The van der Waals surface area contributed by atoms with Crippen LogP contribution in [0.25, 0.3) is 5.69 Å². The fourth-order valence-corrected chi connectivity index (χ4v) is 4.05. The first-order chi connectivity index (χ1) is 16.3. The van der Waals surface area contributed by atoms with Crippen molar-refractivity contribution in [3.05, 3.63) is 48.0 Å². The maximum absolute atomic E-state index is 13.3. The van der Waals surface area contributed by atoms with Gasteiger partial charge in [0.2, 0.25) is 11.1 Å². The number of hydrogen-bond acceptors (Lipinski definition) is 8. The molecule has 2 aromatic carbocycles. The topological polar surface area (TPSA) is 94.4 Å². The second kappa shape index (κ2) is 10.3. The molecule has 1 fully saturated rings. The van der Waals surface area contributed by atoms with E-state index in [-0.39, 0.29) is 11.4 Å². The molecule has 1 N–H and O–H groups in total. The van der Waals surface area contributed by atoms with Crippen molar-refractivity contribution in [3.63, 3.8) is 0 Å². The molecule has 0 radical (unpaired) electrons. The Labute approximate surface area is 197 Å². The number of aromatic nitrogens is 4. The Morgan fingerprint density at radius 1 is 1.18 bits per heavy atom. The van der Waals surface area contributed by atoms with Crippen LogP contribution in [-0.4, -0.2) is 65.3 Å². The van der Waals surface area contributed by atoms with Crippen LogP contribution in [0.3, 0.4) is 0 Å². The number of anilines is 2. The van der Waals surface area contributed by atoms with Crippen LogP contribution in [0.15, 0.2) is 47.6 Å². The van der Waals surface area contributed by atoms with Crippen LogP contribution in [-0.2, 0) is 15.7 Å². The van der Waals surface area contributed by atoms with Crippen LogP contribution in [0, 0.1) is 0 Å². The summed E-state index contributed by atoms with van der Waals surface area (Å²) in [5, 5.41) is 14.5. The molecule has 2 heterocycles. The molecule has 1 saturated heterocycles. The largest absolute Gasteiger partial charge is 0.497 e. The number of alkyl halides is 3. The second-order valence-electron chi connectivity index (χ2n) is 7.24. The summed E-state index contributed by atoms with van der Waals surface area (Å²) < 4.78 is 51.8. The molecule has 3 aromatic rings. The van der Waals surface area contributed by atoms with Gasteiger partial charge in [-0.2, -0.15) is 17.9 Å². The Hall–Kier alpha value is -3.32. The quantitative estimate of drug-likeness (QED) is 0.501. The molecule has 13 heteroatoms. The van der Waals surface area contributed by atoms with Gasteiger partial charge in [0.25, 0.3) is 0 Å². The number of nitrogens with one attached hydrogen (secondary N) is 1. The van der Waals surface area contributed by atoms with Gasteiger partial charge < -0.3 is 19.7 Å². The highest BCUT2D eigenvalue weighted by molar-refractivity contribution is 7.99. The fourth-order valence-electron chi connectivity index (χ4n) is 3.36. The van der Waals surface area contributed by atoms with Gasteiger partial charge in [-0.1, -0.05) is 11.8 Å². The van der Waals surface area contributed by atoms with E-state index in [0.717, 1.165) is 23.9 Å². The van der Waals surface area contributed by atoms with Crippen LogP contribution in [0.2, 0.25) is 0 Å². The molecule has 4 rings (SSSR count). The highest BCUT2D eigenvalue weighted by atomic mass is 32.2. The van der Waals surface area contributed by atoms with Crippen molar-refractivity contribution in [1.29, 1.82) is 0 Å². The second-order valence-corrected chi connectivity index (χ2v) is 8.18. The summed E-state index contributed by atoms with van der Waals surface area (Å²) in [6.07, 6.45) is -4.53. The number of carbonyl (C=O) groups excluding carboxylic acids is 1. The molecule has 0 unspecified atom stereocenters. The van der Waals surface area contributed by atoms with E-state index in [9.17, 15) is 18.0 Å². The first-order valence-corrected chi connectivity index (χ1v) is 11.2. The minimum absolute atomic E-state index is 0.0945. The lowest BCUT2D eigenvalue weighted by Crippen LogP contribution is -2.37. The summed E-state index contributed by atoms with van der Waals surface area (Å²) in [4.78, 5) is 14.6. The molecule has 9 nitrogen and oxygen atoms in total. The number of rotatable bonds is 7. The molecule has 0 aliphatic carbocycles. The van der Waals surface area contributed by atoms with Crippen molar-refractivity contribution in [2.75, 3.05) is 49.4 Å². The maximum atomic E-state index is 13.3. The average Bonchev–Trinajstić information content (AvgIpc) is 3.31. The van der Waals surface area contributed by atoms with E-state index in [0.29, 0.717) is 48.6 Å². The normalized spacial score (nSPS) is 14.2. The number of benzene rings is 2. The minimum Gasteiger partial charge on any atom is -0.497 e. The number of carbonyl (C=O) groups is 1. The molecule has 1 aliphatic rings. The van der Waals surface area contributed by atoms with Gasteiger partial charge in [-0.05, 0) is 52.9 Å². The van der Waals surface area contributed by atoms with Crippen molar-refractivity contribution < 1.29 is 27.4 Å². The number of tetrazole rings is 1. The maximum Gasteiger partial charge on any atom is 0.416 e. The number of morpholine rings is 1. The lowest BCUT2D eigenvalue weighted by molar-refractivity contribution is -0.137. The van der Waals surface area contributed by atoms with Gasteiger partial charge >= 0.3 is 6.18 Å². The Morgan fingerprint density at radius 2 is 1.91 bits per heavy atom. The predicted octanol–water partition coefficient (Wildman–Crippen LogP) is 3.26. The Bertz CT molecular complexity index is 1130. The summed E-state index contributed by atoms with van der Waals surface area (Å²) in [6.45, 7) is 1.94. The molecule has 1 aliphatic heterocycles. The van der Waals surface area contributed by atoms with Gasteiger partial charge in [0.1, 0.15) is 5.75 Å². The van der Waals surface area contributed by atoms with Crippen LogP contribution in [0.4, 0.5) is 24.5 Å². The van der Waals surface area contributed by atoms with Gasteiger partial charge in [0.05, 0.1) is 48.7 Å². The molecule has 1 aromatic heterocycles. The average molecular weight is 494 g/mol. The molecule has 0 spiro atoms. The molecular weight excluding hydrogens is 473 g/mol. The summed E-state index contributed by atoms with van der Waals surface area (Å²) in [5.41, 5.74) is 0.437. The molecule has 34 heavy (non-hydrogen) atoms. The number of thioether (sulfide) groups is 1. The molecule has 0 atom stereocenters. The number of nitrogens with zero attached hydrogens (tertiary/aromatic N) is 5. The molecular formula is C21H21F3N6O3S. The number of methoxy groups -OCH3 is 1. The van der Waals surface area contributed by atoms with Crippen molar-refractivity contribution in [1.82, 2.24) is 20.2 Å². The summed E-state index contributed by atoms with van der Waals surface area (Å²) in [6, 6.07) is 10.4. The Balaban J connectivity index is 1.48.